The number of ether oxygens (including phenoxy) is 1. The molecule has 3 heterocycles. The Kier molecular flexibility index (Phi) is 8.13. The highest BCUT2D eigenvalue weighted by atomic mass is 16.5. The topological polar surface area (TPSA) is 75.1 Å². The molecule has 1 fully saturated rings. The number of aromatic nitrogens is 1. The van der Waals surface area contributed by atoms with Crippen LogP contribution in [0.3, 0.4) is 0 Å². The van der Waals surface area contributed by atoms with Crippen LogP contribution in [0.25, 0.3) is 11.3 Å². The van der Waals surface area contributed by atoms with Gasteiger partial charge >= 0.3 is 0 Å². The molecular weight excluding hydrogens is 454 g/mol. The van der Waals surface area contributed by atoms with E-state index in [0.29, 0.717) is 26.2 Å². The summed E-state index contributed by atoms with van der Waals surface area (Å²) in [6, 6.07) is 24.0. The Balaban J connectivity index is 1.34. The van der Waals surface area contributed by atoms with Gasteiger partial charge < -0.3 is 23.7 Å². The summed E-state index contributed by atoms with van der Waals surface area (Å²) in [5.74, 6) is 1.67. The molecule has 188 valence electrons. The molecule has 1 atom stereocenters. The van der Waals surface area contributed by atoms with Crippen LogP contribution in [-0.2, 0) is 24.4 Å². The number of furan rings is 1. The third kappa shape index (κ3) is 6.23. The first kappa shape index (κ1) is 24.3. The molecule has 2 aromatic carbocycles. The molecule has 1 saturated heterocycles. The van der Waals surface area contributed by atoms with Gasteiger partial charge in [-0.1, -0.05) is 65.8 Å². The SMILES string of the molecule is O[C@H](COCc1ccccc1)CN(Cc1ccco1)Cc1c(-c2ccccc2)noc1N1CCCC1. The lowest BCUT2D eigenvalue weighted by atomic mass is 10.1. The van der Waals surface area contributed by atoms with Crippen LogP contribution in [0.1, 0.15) is 29.7 Å². The molecule has 0 saturated carbocycles. The fourth-order valence-corrected chi connectivity index (χ4v) is 4.70. The van der Waals surface area contributed by atoms with Gasteiger partial charge in [-0.05, 0) is 30.5 Å². The van der Waals surface area contributed by atoms with E-state index in [0.717, 1.165) is 60.0 Å². The lowest BCUT2D eigenvalue weighted by Gasteiger charge is -2.25. The predicted octanol–water partition coefficient (Wildman–Crippen LogP) is 5.11. The fourth-order valence-electron chi connectivity index (χ4n) is 4.70. The zero-order valence-corrected chi connectivity index (χ0v) is 20.5. The molecule has 0 bridgehead atoms. The van der Waals surface area contributed by atoms with E-state index in [1.165, 1.54) is 0 Å². The summed E-state index contributed by atoms with van der Waals surface area (Å²) in [4.78, 5) is 4.45. The largest absolute Gasteiger partial charge is 0.468 e. The molecule has 0 radical (unpaired) electrons. The number of hydrogen-bond donors (Lipinski definition) is 1. The first-order chi connectivity index (χ1) is 17.8. The van der Waals surface area contributed by atoms with Gasteiger partial charge in [0.05, 0.1) is 37.7 Å². The first-order valence-electron chi connectivity index (χ1n) is 12.6. The highest BCUT2D eigenvalue weighted by Crippen LogP contribution is 2.34. The number of benzene rings is 2. The Morgan fingerprint density at radius 2 is 1.69 bits per heavy atom. The summed E-state index contributed by atoms with van der Waals surface area (Å²) in [6.45, 7) is 4.19. The molecule has 5 rings (SSSR count). The maximum atomic E-state index is 10.9. The van der Waals surface area contributed by atoms with E-state index < -0.39 is 6.10 Å². The maximum absolute atomic E-state index is 10.9. The molecule has 1 aliphatic heterocycles. The van der Waals surface area contributed by atoms with Crippen molar-refractivity contribution in [3.05, 3.63) is 95.9 Å². The quantitative estimate of drug-likeness (QED) is 0.297. The van der Waals surface area contributed by atoms with E-state index in [1.54, 1.807) is 6.26 Å². The van der Waals surface area contributed by atoms with Gasteiger partial charge in [-0.25, -0.2) is 0 Å². The average molecular weight is 488 g/mol. The van der Waals surface area contributed by atoms with Gasteiger partial charge in [0.15, 0.2) is 0 Å². The van der Waals surface area contributed by atoms with Crippen molar-refractivity contribution in [1.29, 1.82) is 0 Å². The van der Waals surface area contributed by atoms with E-state index in [4.69, 9.17) is 13.7 Å². The van der Waals surface area contributed by atoms with Gasteiger partial charge in [0, 0.05) is 31.7 Å². The van der Waals surface area contributed by atoms with Gasteiger partial charge in [-0.2, -0.15) is 0 Å². The predicted molar refractivity (Wildman–Crippen MR) is 138 cm³/mol. The van der Waals surface area contributed by atoms with Crippen LogP contribution in [0.15, 0.2) is 88.0 Å². The summed E-state index contributed by atoms with van der Waals surface area (Å²) in [7, 11) is 0. The van der Waals surface area contributed by atoms with E-state index in [2.05, 4.69) is 27.1 Å². The molecular formula is C29H33N3O4. The van der Waals surface area contributed by atoms with Crippen molar-refractivity contribution in [3.63, 3.8) is 0 Å². The molecule has 7 nitrogen and oxygen atoms in total. The highest BCUT2D eigenvalue weighted by Gasteiger charge is 2.27. The summed E-state index contributed by atoms with van der Waals surface area (Å²) >= 11 is 0. The molecule has 2 aromatic heterocycles. The van der Waals surface area contributed by atoms with Crippen molar-refractivity contribution in [2.24, 2.45) is 0 Å². The van der Waals surface area contributed by atoms with Crippen LogP contribution in [0, 0.1) is 0 Å². The minimum atomic E-state index is -0.654. The van der Waals surface area contributed by atoms with E-state index in [9.17, 15) is 5.11 Å². The second kappa shape index (κ2) is 12.0. The van der Waals surface area contributed by atoms with Crippen molar-refractivity contribution in [2.45, 2.75) is 38.6 Å². The van der Waals surface area contributed by atoms with Crippen LogP contribution in [0.2, 0.25) is 0 Å². The third-order valence-corrected chi connectivity index (χ3v) is 6.44. The summed E-state index contributed by atoms with van der Waals surface area (Å²) in [5.41, 5.74) is 3.99. The normalized spacial score (nSPS) is 14.6. The molecule has 36 heavy (non-hydrogen) atoms. The molecule has 4 aromatic rings. The summed E-state index contributed by atoms with van der Waals surface area (Å²) < 4.78 is 17.4. The second-order valence-electron chi connectivity index (χ2n) is 9.28. The van der Waals surface area contributed by atoms with E-state index >= 15 is 0 Å². The number of rotatable bonds is 12. The summed E-state index contributed by atoms with van der Waals surface area (Å²) in [5, 5.41) is 15.4. The molecule has 1 N–H and O–H groups in total. The number of aliphatic hydroxyl groups is 1. The lowest BCUT2D eigenvalue weighted by Crippen LogP contribution is -2.34. The lowest BCUT2D eigenvalue weighted by molar-refractivity contribution is 0.00616. The molecule has 7 heteroatoms. The maximum Gasteiger partial charge on any atom is 0.232 e. The van der Waals surface area contributed by atoms with Crippen LogP contribution < -0.4 is 4.90 Å². The van der Waals surface area contributed by atoms with E-state index in [-0.39, 0.29) is 6.61 Å². The zero-order chi connectivity index (χ0) is 24.6. The number of aliphatic hydroxyl groups excluding tert-OH is 1. The van der Waals surface area contributed by atoms with Crippen LogP contribution in [0.4, 0.5) is 5.88 Å². The highest BCUT2D eigenvalue weighted by molar-refractivity contribution is 5.68. The third-order valence-electron chi connectivity index (χ3n) is 6.44. The van der Waals surface area contributed by atoms with Crippen molar-refractivity contribution < 1.29 is 18.8 Å². The minimum Gasteiger partial charge on any atom is -0.468 e. The van der Waals surface area contributed by atoms with Crippen molar-refractivity contribution in [2.75, 3.05) is 31.1 Å². The Hall–Kier alpha value is -3.39. The Labute approximate surface area is 211 Å². The molecule has 0 spiro atoms. The number of nitrogens with zero attached hydrogens (tertiary/aromatic N) is 3. The molecule has 1 aliphatic rings. The van der Waals surface area contributed by atoms with Crippen molar-refractivity contribution >= 4 is 5.88 Å². The second-order valence-corrected chi connectivity index (χ2v) is 9.28. The van der Waals surface area contributed by atoms with Crippen LogP contribution in [0.5, 0.6) is 0 Å². The summed E-state index contributed by atoms with van der Waals surface area (Å²) in [6.07, 6.45) is 3.32. The fraction of sp³-hybridized carbons (Fsp3) is 0.345. The van der Waals surface area contributed by atoms with Crippen LogP contribution >= 0.6 is 0 Å². The standard InChI is InChI=1S/C29H33N3O4/c33-25(22-34-21-23-10-3-1-4-11-23)18-31(19-26-14-9-17-35-26)20-27-28(24-12-5-2-6-13-24)30-36-29(27)32-15-7-8-16-32/h1-6,9-14,17,25,33H,7-8,15-16,18-22H2/t25-/m0/s1. The van der Waals surface area contributed by atoms with Crippen molar-refractivity contribution in [3.8, 4) is 11.3 Å². The van der Waals surface area contributed by atoms with Gasteiger partial charge in [-0.3, -0.25) is 4.90 Å². The first-order valence-corrected chi connectivity index (χ1v) is 12.6. The average Bonchev–Trinajstić information content (AvgIpc) is 3.68. The molecule has 0 amide bonds. The number of anilines is 1. The molecule has 0 aliphatic carbocycles. The van der Waals surface area contributed by atoms with Gasteiger partial charge in [-0.15, -0.1) is 0 Å². The molecule has 0 unspecified atom stereocenters. The van der Waals surface area contributed by atoms with Gasteiger partial charge in [0.2, 0.25) is 5.88 Å². The Bertz CT molecular complexity index is 1170. The van der Waals surface area contributed by atoms with E-state index in [1.807, 2.05) is 60.7 Å². The number of hydrogen-bond acceptors (Lipinski definition) is 7. The monoisotopic (exact) mass is 487 g/mol. The Morgan fingerprint density at radius 3 is 2.42 bits per heavy atom. The zero-order valence-electron chi connectivity index (χ0n) is 20.5. The van der Waals surface area contributed by atoms with Crippen LogP contribution in [-0.4, -0.2) is 47.5 Å². The Morgan fingerprint density at radius 1 is 0.944 bits per heavy atom. The van der Waals surface area contributed by atoms with Gasteiger partial charge in [0.1, 0.15) is 11.5 Å². The van der Waals surface area contributed by atoms with Crippen molar-refractivity contribution in [1.82, 2.24) is 10.1 Å². The minimum absolute atomic E-state index is 0.248. The smallest absolute Gasteiger partial charge is 0.232 e. The van der Waals surface area contributed by atoms with Gasteiger partial charge in [0.25, 0.3) is 0 Å².